The zero-order valence-electron chi connectivity index (χ0n) is 9.85. The highest BCUT2D eigenvalue weighted by Gasteiger charge is 2.16. The number of imidazole rings is 1. The fourth-order valence-electron chi connectivity index (χ4n) is 1.57. The van der Waals surface area contributed by atoms with E-state index in [-0.39, 0.29) is 17.6 Å². The molecule has 0 aromatic carbocycles. The van der Waals surface area contributed by atoms with Gasteiger partial charge in [0.2, 0.25) is 0 Å². The van der Waals surface area contributed by atoms with Gasteiger partial charge in [-0.15, -0.1) is 0 Å². The Labute approximate surface area is 103 Å². The van der Waals surface area contributed by atoms with Crippen molar-refractivity contribution in [2.45, 2.75) is 19.4 Å². The summed E-state index contributed by atoms with van der Waals surface area (Å²) in [6, 6.07) is 2.34. The van der Waals surface area contributed by atoms with Crippen LogP contribution in [0.4, 0.5) is 4.39 Å². The van der Waals surface area contributed by atoms with Crippen molar-refractivity contribution in [2.24, 2.45) is 0 Å². The molecular formula is C12H13FN4O. The second-order valence-electron chi connectivity index (χ2n) is 3.77. The van der Waals surface area contributed by atoms with E-state index in [1.54, 1.807) is 12.4 Å². The van der Waals surface area contributed by atoms with Gasteiger partial charge < -0.3 is 10.3 Å². The first-order valence-corrected chi connectivity index (χ1v) is 5.62. The molecule has 2 aromatic heterocycles. The van der Waals surface area contributed by atoms with Crippen molar-refractivity contribution < 1.29 is 9.18 Å². The maximum atomic E-state index is 12.7. The third kappa shape index (κ3) is 2.71. The summed E-state index contributed by atoms with van der Waals surface area (Å²) in [4.78, 5) is 22.7. The average Bonchev–Trinajstić information content (AvgIpc) is 2.90. The van der Waals surface area contributed by atoms with Gasteiger partial charge in [-0.1, -0.05) is 6.92 Å². The van der Waals surface area contributed by atoms with Crippen LogP contribution in [0.3, 0.4) is 0 Å². The molecule has 0 bridgehead atoms. The lowest BCUT2D eigenvalue weighted by atomic mass is 10.2. The molecule has 1 amide bonds. The van der Waals surface area contributed by atoms with Gasteiger partial charge in [0.15, 0.2) is 0 Å². The Bertz CT molecular complexity index is 509. The number of halogens is 1. The van der Waals surface area contributed by atoms with Crippen LogP contribution < -0.4 is 5.32 Å². The normalized spacial score (nSPS) is 12.1. The first-order chi connectivity index (χ1) is 8.70. The molecule has 0 aliphatic heterocycles. The summed E-state index contributed by atoms with van der Waals surface area (Å²) >= 11 is 0. The summed E-state index contributed by atoms with van der Waals surface area (Å²) in [5.74, 6) is -0.129. The first-order valence-electron chi connectivity index (χ1n) is 5.62. The number of pyridine rings is 1. The van der Waals surface area contributed by atoms with Crippen LogP contribution in [0.2, 0.25) is 0 Å². The van der Waals surface area contributed by atoms with Crippen LogP contribution >= 0.6 is 0 Å². The maximum absolute atomic E-state index is 12.7. The molecule has 0 radical (unpaired) electrons. The van der Waals surface area contributed by atoms with E-state index < -0.39 is 5.82 Å². The lowest BCUT2D eigenvalue weighted by molar-refractivity contribution is 0.0928. The van der Waals surface area contributed by atoms with E-state index in [9.17, 15) is 9.18 Å². The summed E-state index contributed by atoms with van der Waals surface area (Å²) in [5, 5.41) is 2.79. The van der Waals surface area contributed by atoms with E-state index >= 15 is 0 Å². The standard InChI is InChI=1S/C12H13FN4O/c1-2-9(11-14-5-6-15-11)17-12(18)10-4-3-8(13)7-16-10/h3-7,9H,2H2,1H3,(H,14,15)(H,17,18). The Morgan fingerprint density at radius 2 is 2.33 bits per heavy atom. The molecule has 1 unspecified atom stereocenters. The molecule has 6 heteroatoms. The lowest BCUT2D eigenvalue weighted by Gasteiger charge is -2.14. The number of carbonyl (C=O) groups excluding carboxylic acids is 1. The fraction of sp³-hybridized carbons (Fsp3) is 0.250. The van der Waals surface area contributed by atoms with Crippen molar-refractivity contribution in [3.63, 3.8) is 0 Å². The highest BCUT2D eigenvalue weighted by atomic mass is 19.1. The molecule has 1 atom stereocenters. The molecule has 5 nitrogen and oxygen atoms in total. The van der Waals surface area contributed by atoms with Crippen LogP contribution in [-0.4, -0.2) is 20.9 Å². The zero-order valence-corrected chi connectivity index (χ0v) is 9.85. The van der Waals surface area contributed by atoms with Crippen molar-refractivity contribution >= 4 is 5.91 Å². The summed E-state index contributed by atoms with van der Waals surface area (Å²) in [5.41, 5.74) is 0.182. The molecule has 2 N–H and O–H groups in total. The number of H-pyrrole nitrogens is 1. The van der Waals surface area contributed by atoms with Gasteiger partial charge in [0, 0.05) is 12.4 Å². The predicted molar refractivity (Wildman–Crippen MR) is 63.3 cm³/mol. The van der Waals surface area contributed by atoms with Crippen LogP contribution in [0, 0.1) is 5.82 Å². The number of hydrogen-bond donors (Lipinski definition) is 2. The molecule has 0 saturated heterocycles. The van der Waals surface area contributed by atoms with Gasteiger partial charge in [-0.2, -0.15) is 0 Å². The van der Waals surface area contributed by atoms with Crippen molar-refractivity contribution in [3.8, 4) is 0 Å². The molecule has 0 aliphatic rings. The molecule has 0 spiro atoms. The highest BCUT2D eigenvalue weighted by Crippen LogP contribution is 2.12. The van der Waals surface area contributed by atoms with E-state index in [0.29, 0.717) is 12.2 Å². The molecular weight excluding hydrogens is 235 g/mol. The quantitative estimate of drug-likeness (QED) is 0.867. The minimum Gasteiger partial charge on any atom is -0.347 e. The minimum atomic E-state index is -0.468. The smallest absolute Gasteiger partial charge is 0.270 e. The van der Waals surface area contributed by atoms with Crippen LogP contribution in [0.15, 0.2) is 30.7 Å². The number of aromatic amines is 1. The molecule has 2 heterocycles. The summed E-state index contributed by atoms with van der Waals surface area (Å²) in [7, 11) is 0. The number of nitrogens with one attached hydrogen (secondary N) is 2. The monoisotopic (exact) mass is 248 g/mol. The second-order valence-corrected chi connectivity index (χ2v) is 3.77. The Balaban J connectivity index is 2.08. The number of carbonyl (C=O) groups is 1. The van der Waals surface area contributed by atoms with Crippen LogP contribution in [0.25, 0.3) is 0 Å². The van der Waals surface area contributed by atoms with Crippen molar-refractivity contribution in [1.29, 1.82) is 0 Å². The second kappa shape index (κ2) is 5.39. The Kier molecular flexibility index (Phi) is 3.66. The van der Waals surface area contributed by atoms with Crippen molar-refractivity contribution in [1.82, 2.24) is 20.3 Å². The van der Waals surface area contributed by atoms with Gasteiger partial charge in [0.1, 0.15) is 17.3 Å². The molecule has 0 saturated carbocycles. The van der Waals surface area contributed by atoms with E-state index in [2.05, 4.69) is 20.3 Å². The molecule has 2 rings (SSSR count). The largest absolute Gasteiger partial charge is 0.347 e. The van der Waals surface area contributed by atoms with Crippen molar-refractivity contribution in [3.05, 3.63) is 48.1 Å². The van der Waals surface area contributed by atoms with E-state index in [1.807, 2.05) is 6.92 Å². The zero-order chi connectivity index (χ0) is 13.0. The van der Waals surface area contributed by atoms with Crippen molar-refractivity contribution in [2.75, 3.05) is 0 Å². The van der Waals surface area contributed by atoms with E-state index in [4.69, 9.17) is 0 Å². The molecule has 2 aromatic rings. The molecule has 94 valence electrons. The molecule has 0 fully saturated rings. The van der Waals surface area contributed by atoms with Gasteiger partial charge in [-0.3, -0.25) is 4.79 Å². The van der Waals surface area contributed by atoms with E-state index in [1.165, 1.54) is 12.1 Å². The van der Waals surface area contributed by atoms with Gasteiger partial charge >= 0.3 is 0 Å². The van der Waals surface area contributed by atoms with Crippen LogP contribution in [-0.2, 0) is 0 Å². The molecule has 18 heavy (non-hydrogen) atoms. The lowest BCUT2D eigenvalue weighted by Crippen LogP contribution is -2.29. The van der Waals surface area contributed by atoms with Crippen LogP contribution in [0.5, 0.6) is 0 Å². The summed E-state index contributed by atoms with van der Waals surface area (Å²) in [6.07, 6.45) is 5.03. The third-order valence-corrected chi connectivity index (χ3v) is 2.52. The molecule has 0 aliphatic carbocycles. The van der Waals surface area contributed by atoms with Gasteiger partial charge in [-0.25, -0.2) is 14.4 Å². The van der Waals surface area contributed by atoms with Gasteiger partial charge in [0.05, 0.1) is 12.2 Å². The van der Waals surface area contributed by atoms with E-state index in [0.717, 1.165) is 6.20 Å². The summed E-state index contributed by atoms with van der Waals surface area (Å²) < 4.78 is 12.7. The van der Waals surface area contributed by atoms with Gasteiger partial charge in [0.25, 0.3) is 5.91 Å². The first kappa shape index (κ1) is 12.2. The minimum absolute atomic E-state index is 0.182. The number of nitrogens with zero attached hydrogens (tertiary/aromatic N) is 2. The van der Waals surface area contributed by atoms with Gasteiger partial charge in [-0.05, 0) is 18.6 Å². The Morgan fingerprint density at radius 3 is 2.89 bits per heavy atom. The number of amides is 1. The van der Waals surface area contributed by atoms with Crippen LogP contribution in [0.1, 0.15) is 35.7 Å². The topological polar surface area (TPSA) is 70.7 Å². The fourth-order valence-corrected chi connectivity index (χ4v) is 1.57. The maximum Gasteiger partial charge on any atom is 0.270 e. The Hall–Kier alpha value is -2.24. The Morgan fingerprint density at radius 1 is 1.50 bits per heavy atom. The number of hydrogen-bond acceptors (Lipinski definition) is 3. The SMILES string of the molecule is CCC(NC(=O)c1ccc(F)cn1)c1ncc[nH]1. The number of rotatable bonds is 4. The number of aromatic nitrogens is 3. The summed E-state index contributed by atoms with van der Waals surface area (Å²) in [6.45, 7) is 1.94. The third-order valence-electron chi connectivity index (χ3n) is 2.52. The average molecular weight is 248 g/mol. The highest BCUT2D eigenvalue weighted by molar-refractivity contribution is 5.92. The predicted octanol–water partition coefficient (Wildman–Crippen LogP) is 1.82.